The van der Waals surface area contributed by atoms with Crippen molar-refractivity contribution in [3.8, 4) is 0 Å². The molecule has 0 radical (unpaired) electrons. The van der Waals surface area contributed by atoms with E-state index in [0.29, 0.717) is 0 Å². The third-order valence-corrected chi connectivity index (χ3v) is 5.92. The van der Waals surface area contributed by atoms with Crippen molar-refractivity contribution in [3.63, 3.8) is 0 Å². The van der Waals surface area contributed by atoms with E-state index in [-0.39, 0.29) is 24.8 Å². The normalized spacial score (nSPS) is 26.9. The topological polar surface area (TPSA) is 15.3 Å². The smallest absolute Gasteiger partial charge is 0.000966 e. The maximum absolute atomic E-state index is 3.51. The van der Waals surface area contributed by atoms with Crippen LogP contribution in [0.25, 0.3) is 0 Å². The molecular weight excluding hydrogens is 303 g/mol. The minimum Gasteiger partial charge on any atom is -0.317 e. The van der Waals surface area contributed by atoms with E-state index in [0.717, 1.165) is 17.8 Å². The van der Waals surface area contributed by atoms with E-state index in [4.69, 9.17) is 0 Å². The molecule has 3 fully saturated rings. The van der Waals surface area contributed by atoms with Crippen LogP contribution >= 0.6 is 24.8 Å². The van der Waals surface area contributed by atoms with Crippen molar-refractivity contribution in [2.24, 2.45) is 17.8 Å². The number of likely N-dealkylation sites (tertiary alicyclic amines) is 1. The largest absolute Gasteiger partial charge is 0.317 e. The molecule has 0 atom stereocenters. The second-order valence-electron chi connectivity index (χ2n) is 7.23. The fourth-order valence-corrected chi connectivity index (χ4v) is 4.66. The molecule has 2 heterocycles. The van der Waals surface area contributed by atoms with Crippen LogP contribution in [0.1, 0.15) is 57.8 Å². The lowest BCUT2D eigenvalue weighted by Gasteiger charge is -2.39. The number of piperidine rings is 2. The molecule has 1 aliphatic carbocycles. The van der Waals surface area contributed by atoms with E-state index in [2.05, 4.69) is 10.2 Å². The second-order valence-corrected chi connectivity index (χ2v) is 7.23. The van der Waals surface area contributed by atoms with Crippen LogP contribution in [0.4, 0.5) is 0 Å². The lowest BCUT2D eigenvalue weighted by atomic mass is 9.79. The average molecular weight is 337 g/mol. The molecule has 0 spiro atoms. The van der Waals surface area contributed by atoms with E-state index < -0.39 is 0 Å². The van der Waals surface area contributed by atoms with Gasteiger partial charge in [0.2, 0.25) is 0 Å². The number of nitrogens with one attached hydrogen (secondary N) is 1. The molecule has 0 aromatic rings. The Kier molecular flexibility index (Phi) is 9.59. The van der Waals surface area contributed by atoms with Gasteiger partial charge in [-0.2, -0.15) is 0 Å². The van der Waals surface area contributed by atoms with Crippen LogP contribution < -0.4 is 5.32 Å². The zero-order valence-electron chi connectivity index (χ0n) is 13.4. The van der Waals surface area contributed by atoms with Crippen molar-refractivity contribution in [1.29, 1.82) is 0 Å². The van der Waals surface area contributed by atoms with Gasteiger partial charge in [0.25, 0.3) is 0 Å². The molecule has 3 aliphatic rings. The Morgan fingerprint density at radius 1 is 0.714 bits per heavy atom. The summed E-state index contributed by atoms with van der Waals surface area (Å²) in [7, 11) is 0. The summed E-state index contributed by atoms with van der Waals surface area (Å²) in [6, 6.07) is 0. The summed E-state index contributed by atoms with van der Waals surface area (Å²) in [5, 5.41) is 3.51. The van der Waals surface area contributed by atoms with Gasteiger partial charge in [-0.05, 0) is 82.5 Å². The molecule has 1 N–H and O–H groups in total. The van der Waals surface area contributed by atoms with Gasteiger partial charge < -0.3 is 10.2 Å². The summed E-state index contributed by atoms with van der Waals surface area (Å²) in [5.41, 5.74) is 0. The molecule has 0 amide bonds. The van der Waals surface area contributed by atoms with Crippen LogP contribution in [0.15, 0.2) is 0 Å². The second kappa shape index (κ2) is 10.3. The van der Waals surface area contributed by atoms with E-state index in [9.17, 15) is 0 Å². The van der Waals surface area contributed by atoms with Crippen molar-refractivity contribution in [1.82, 2.24) is 10.2 Å². The zero-order valence-corrected chi connectivity index (χ0v) is 15.0. The molecule has 21 heavy (non-hydrogen) atoms. The lowest BCUT2D eigenvalue weighted by Crippen LogP contribution is -2.41. The summed E-state index contributed by atoms with van der Waals surface area (Å²) in [5.74, 6) is 3.12. The predicted molar refractivity (Wildman–Crippen MR) is 95.8 cm³/mol. The summed E-state index contributed by atoms with van der Waals surface area (Å²) in [6.45, 7) is 6.75. The number of hydrogen-bond donors (Lipinski definition) is 1. The van der Waals surface area contributed by atoms with Gasteiger partial charge in [0, 0.05) is 6.54 Å². The summed E-state index contributed by atoms with van der Waals surface area (Å²) >= 11 is 0. The van der Waals surface area contributed by atoms with E-state index in [1.807, 2.05) is 0 Å². The van der Waals surface area contributed by atoms with Gasteiger partial charge in [0.05, 0.1) is 0 Å². The van der Waals surface area contributed by atoms with Crippen LogP contribution in [0.3, 0.4) is 0 Å². The Bertz CT molecular complexity index is 256. The standard InChI is InChI=1S/C17H32N2.2ClH/c1-2-4-15(5-3-1)14-19-12-8-17(9-13-19)16-6-10-18-11-7-16;;/h15-18H,1-14H2;2*1H. The van der Waals surface area contributed by atoms with Crippen LogP contribution in [0, 0.1) is 17.8 Å². The first-order chi connectivity index (χ1) is 9.42. The molecule has 2 nitrogen and oxygen atoms in total. The number of nitrogens with zero attached hydrogens (tertiary/aromatic N) is 1. The summed E-state index contributed by atoms with van der Waals surface area (Å²) < 4.78 is 0. The third kappa shape index (κ3) is 5.89. The minimum absolute atomic E-state index is 0. The molecular formula is C17H34Cl2N2. The van der Waals surface area contributed by atoms with Gasteiger partial charge >= 0.3 is 0 Å². The summed E-state index contributed by atoms with van der Waals surface area (Å²) in [4.78, 5) is 2.79. The van der Waals surface area contributed by atoms with Gasteiger partial charge in [-0.1, -0.05) is 19.3 Å². The molecule has 0 bridgehead atoms. The van der Waals surface area contributed by atoms with E-state index in [1.165, 1.54) is 90.5 Å². The monoisotopic (exact) mass is 336 g/mol. The van der Waals surface area contributed by atoms with E-state index >= 15 is 0 Å². The predicted octanol–water partition coefficient (Wildman–Crippen LogP) is 4.12. The number of hydrogen-bond acceptors (Lipinski definition) is 2. The first-order valence-electron chi connectivity index (χ1n) is 8.85. The summed E-state index contributed by atoms with van der Waals surface area (Å²) in [6.07, 6.45) is 13.3. The SMILES string of the molecule is C1CCC(CN2CCC(C3CCNCC3)CC2)CC1.Cl.Cl. The third-order valence-electron chi connectivity index (χ3n) is 5.92. The molecule has 0 aromatic heterocycles. The minimum atomic E-state index is 0. The first kappa shape index (κ1) is 19.5. The molecule has 1 saturated carbocycles. The highest BCUT2D eigenvalue weighted by Gasteiger charge is 2.28. The van der Waals surface area contributed by atoms with Gasteiger partial charge in [0.15, 0.2) is 0 Å². The van der Waals surface area contributed by atoms with Gasteiger partial charge in [-0.15, -0.1) is 24.8 Å². The first-order valence-corrected chi connectivity index (χ1v) is 8.85. The fraction of sp³-hybridized carbons (Fsp3) is 1.00. The molecule has 4 heteroatoms. The molecule has 2 saturated heterocycles. The Hall–Kier alpha value is 0.500. The zero-order chi connectivity index (χ0) is 12.9. The maximum Gasteiger partial charge on any atom is 0.000966 e. The molecule has 2 aliphatic heterocycles. The van der Waals surface area contributed by atoms with E-state index in [1.54, 1.807) is 0 Å². The Labute approximate surface area is 143 Å². The van der Waals surface area contributed by atoms with Crippen molar-refractivity contribution < 1.29 is 0 Å². The van der Waals surface area contributed by atoms with Crippen LogP contribution in [0.5, 0.6) is 0 Å². The van der Waals surface area contributed by atoms with Gasteiger partial charge in [-0.3, -0.25) is 0 Å². The van der Waals surface area contributed by atoms with Crippen LogP contribution in [-0.2, 0) is 0 Å². The lowest BCUT2D eigenvalue weighted by molar-refractivity contribution is 0.110. The fourth-order valence-electron chi connectivity index (χ4n) is 4.66. The Morgan fingerprint density at radius 3 is 1.90 bits per heavy atom. The number of rotatable bonds is 3. The van der Waals surface area contributed by atoms with Crippen molar-refractivity contribution in [3.05, 3.63) is 0 Å². The quantitative estimate of drug-likeness (QED) is 0.833. The average Bonchev–Trinajstić information content (AvgIpc) is 2.50. The number of halogens is 2. The Morgan fingerprint density at radius 2 is 1.29 bits per heavy atom. The molecule has 0 aromatic carbocycles. The molecule has 0 unspecified atom stereocenters. The highest BCUT2D eigenvalue weighted by atomic mass is 35.5. The van der Waals surface area contributed by atoms with Crippen molar-refractivity contribution in [2.75, 3.05) is 32.7 Å². The highest BCUT2D eigenvalue weighted by molar-refractivity contribution is 5.85. The highest BCUT2D eigenvalue weighted by Crippen LogP contribution is 2.32. The van der Waals surface area contributed by atoms with Crippen LogP contribution in [-0.4, -0.2) is 37.6 Å². The van der Waals surface area contributed by atoms with Gasteiger partial charge in [0.1, 0.15) is 0 Å². The maximum atomic E-state index is 3.51. The Balaban J connectivity index is 0.00000110. The molecule has 126 valence electrons. The van der Waals surface area contributed by atoms with Gasteiger partial charge in [-0.25, -0.2) is 0 Å². The van der Waals surface area contributed by atoms with Crippen molar-refractivity contribution in [2.45, 2.75) is 57.8 Å². The van der Waals surface area contributed by atoms with Crippen molar-refractivity contribution >= 4 is 24.8 Å². The van der Waals surface area contributed by atoms with Crippen LogP contribution in [0.2, 0.25) is 0 Å². The molecule has 3 rings (SSSR count).